The lowest BCUT2D eigenvalue weighted by atomic mass is 9.87. The van der Waals surface area contributed by atoms with Gasteiger partial charge in [0, 0.05) is 12.5 Å². The van der Waals surface area contributed by atoms with E-state index in [1.807, 2.05) is 18.2 Å². The Hall–Kier alpha value is -3.60. The minimum absolute atomic E-state index is 0.000324. The number of carbonyl (C=O) groups is 2. The Balaban J connectivity index is 1.72. The normalized spacial score (nSPS) is 11.4. The molecular weight excluding hydrogens is 378 g/mol. The standard InChI is InChI=1S/C25H25NO4/c1-17-9-10-18(2)22(15-17)23(19-7-5-4-6-8-19)16-26-25(28)30-21-13-11-20(12-14-21)24(27)29-3/h4-15,23H,16H2,1-3H3,(H,26,28). The van der Waals surface area contributed by atoms with Crippen LogP contribution in [0, 0.1) is 13.8 Å². The lowest BCUT2D eigenvalue weighted by Gasteiger charge is -2.21. The van der Waals surface area contributed by atoms with Gasteiger partial charge in [0.25, 0.3) is 0 Å². The van der Waals surface area contributed by atoms with E-state index in [2.05, 4.69) is 54.2 Å². The van der Waals surface area contributed by atoms with Gasteiger partial charge in [0.15, 0.2) is 0 Å². The zero-order valence-corrected chi connectivity index (χ0v) is 17.3. The van der Waals surface area contributed by atoms with E-state index >= 15 is 0 Å². The topological polar surface area (TPSA) is 64.6 Å². The maximum atomic E-state index is 12.4. The molecule has 0 fully saturated rings. The van der Waals surface area contributed by atoms with Gasteiger partial charge in [-0.1, -0.05) is 54.1 Å². The van der Waals surface area contributed by atoms with Crippen molar-refractivity contribution >= 4 is 12.1 Å². The van der Waals surface area contributed by atoms with E-state index in [9.17, 15) is 9.59 Å². The van der Waals surface area contributed by atoms with E-state index in [4.69, 9.17) is 4.74 Å². The average molecular weight is 403 g/mol. The van der Waals surface area contributed by atoms with Gasteiger partial charge in [-0.2, -0.15) is 0 Å². The van der Waals surface area contributed by atoms with Crippen molar-refractivity contribution in [1.29, 1.82) is 0 Å². The fourth-order valence-electron chi connectivity index (χ4n) is 3.33. The third kappa shape index (κ3) is 5.26. The molecule has 1 amide bonds. The quantitative estimate of drug-likeness (QED) is 0.588. The van der Waals surface area contributed by atoms with Crippen LogP contribution >= 0.6 is 0 Å². The van der Waals surface area contributed by atoms with Crippen molar-refractivity contribution in [3.05, 3.63) is 101 Å². The molecule has 0 bridgehead atoms. The highest BCUT2D eigenvalue weighted by molar-refractivity contribution is 5.89. The number of nitrogens with one attached hydrogen (secondary N) is 1. The molecule has 5 nitrogen and oxygen atoms in total. The van der Waals surface area contributed by atoms with Gasteiger partial charge in [-0.25, -0.2) is 9.59 Å². The Morgan fingerprint density at radius 2 is 1.63 bits per heavy atom. The summed E-state index contributed by atoms with van der Waals surface area (Å²) in [7, 11) is 1.32. The third-order valence-electron chi connectivity index (χ3n) is 4.95. The number of aryl methyl sites for hydroxylation is 2. The van der Waals surface area contributed by atoms with E-state index in [1.54, 1.807) is 24.3 Å². The maximum absolute atomic E-state index is 12.4. The number of carbonyl (C=O) groups excluding carboxylic acids is 2. The molecule has 1 unspecified atom stereocenters. The van der Waals surface area contributed by atoms with Crippen molar-refractivity contribution in [1.82, 2.24) is 5.32 Å². The molecule has 0 heterocycles. The SMILES string of the molecule is COC(=O)c1ccc(OC(=O)NCC(c2ccccc2)c2cc(C)ccc2C)cc1. The van der Waals surface area contributed by atoms with Crippen molar-refractivity contribution < 1.29 is 19.1 Å². The van der Waals surface area contributed by atoms with Crippen molar-refractivity contribution in [3.63, 3.8) is 0 Å². The number of rotatable bonds is 6. The largest absolute Gasteiger partial charge is 0.465 e. The summed E-state index contributed by atoms with van der Waals surface area (Å²) < 4.78 is 10.0. The molecule has 1 N–H and O–H groups in total. The molecule has 0 radical (unpaired) electrons. The summed E-state index contributed by atoms with van der Waals surface area (Å²) in [5.41, 5.74) is 5.02. The third-order valence-corrected chi connectivity index (χ3v) is 4.95. The van der Waals surface area contributed by atoms with E-state index in [0.29, 0.717) is 17.9 Å². The molecule has 3 rings (SSSR count). The van der Waals surface area contributed by atoms with Crippen LogP contribution in [0.5, 0.6) is 5.75 Å². The Morgan fingerprint density at radius 1 is 0.933 bits per heavy atom. The molecule has 0 aliphatic rings. The van der Waals surface area contributed by atoms with E-state index < -0.39 is 12.1 Å². The molecule has 0 spiro atoms. The first-order valence-corrected chi connectivity index (χ1v) is 9.74. The smallest absolute Gasteiger partial charge is 0.412 e. The van der Waals surface area contributed by atoms with Gasteiger partial charge in [-0.3, -0.25) is 0 Å². The maximum Gasteiger partial charge on any atom is 0.412 e. The molecule has 154 valence electrons. The predicted molar refractivity (Wildman–Crippen MR) is 116 cm³/mol. The van der Waals surface area contributed by atoms with Crippen LogP contribution in [0.3, 0.4) is 0 Å². The first-order chi connectivity index (χ1) is 14.5. The summed E-state index contributed by atoms with van der Waals surface area (Å²) in [6, 6.07) is 22.7. The van der Waals surface area contributed by atoms with E-state index in [-0.39, 0.29) is 5.92 Å². The van der Waals surface area contributed by atoms with Gasteiger partial charge in [-0.05, 0) is 54.8 Å². The number of hydrogen-bond acceptors (Lipinski definition) is 4. The highest BCUT2D eigenvalue weighted by atomic mass is 16.6. The fourth-order valence-corrected chi connectivity index (χ4v) is 3.33. The highest BCUT2D eigenvalue weighted by Crippen LogP contribution is 2.27. The molecule has 30 heavy (non-hydrogen) atoms. The summed E-state index contributed by atoms with van der Waals surface area (Å²) in [6.07, 6.45) is -0.549. The highest BCUT2D eigenvalue weighted by Gasteiger charge is 2.18. The summed E-state index contributed by atoms with van der Waals surface area (Å²) in [4.78, 5) is 23.9. The number of methoxy groups -OCH3 is 1. The number of amides is 1. The Bertz CT molecular complexity index is 1010. The van der Waals surface area contributed by atoms with Gasteiger partial charge in [0.2, 0.25) is 0 Å². The van der Waals surface area contributed by atoms with Crippen molar-refractivity contribution in [3.8, 4) is 5.75 Å². The van der Waals surface area contributed by atoms with Gasteiger partial charge >= 0.3 is 12.1 Å². The van der Waals surface area contributed by atoms with E-state index in [1.165, 1.54) is 23.8 Å². The average Bonchev–Trinajstić information content (AvgIpc) is 2.77. The second-order valence-corrected chi connectivity index (χ2v) is 7.11. The van der Waals surface area contributed by atoms with Crippen molar-refractivity contribution in [2.45, 2.75) is 19.8 Å². The molecular formula is C25H25NO4. The molecule has 0 aliphatic carbocycles. The predicted octanol–water partition coefficient (Wildman–Crippen LogP) is 5.01. The molecule has 3 aromatic rings. The van der Waals surface area contributed by atoms with Crippen LogP contribution in [0.15, 0.2) is 72.8 Å². The van der Waals surface area contributed by atoms with Gasteiger partial charge in [0.05, 0.1) is 12.7 Å². The summed E-state index contributed by atoms with van der Waals surface area (Å²) in [6.45, 7) is 4.53. The van der Waals surface area contributed by atoms with Crippen LogP contribution in [-0.4, -0.2) is 25.7 Å². The number of benzene rings is 3. The lowest BCUT2D eigenvalue weighted by molar-refractivity contribution is 0.0600. The van der Waals surface area contributed by atoms with Crippen molar-refractivity contribution in [2.75, 3.05) is 13.7 Å². The lowest BCUT2D eigenvalue weighted by Crippen LogP contribution is -2.31. The van der Waals surface area contributed by atoms with Gasteiger partial charge < -0.3 is 14.8 Å². The van der Waals surface area contributed by atoms with Crippen LogP contribution in [0.1, 0.15) is 38.5 Å². The molecule has 5 heteroatoms. The second kappa shape index (κ2) is 9.74. The molecule has 3 aromatic carbocycles. The minimum atomic E-state index is -0.549. The zero-order valence-electron chi connectivity index (χ0n) is 17.3. The van der Waals surface area contributed by atoms with Crippen LogP contribution in [0.4, 0.5) is 4.79 Å². The first-order valence-electron chi connectivity index (χ1n) is 9.74. The summed E-state index contributed by atoms with van der Waals surface area (Å²) in [5.74, 6) is -0.0891. The first kappa shape index (κ1) is 21.1. The molecule has 0 aromatic heterocycles. The molecule has 0 saturated heterocycles. The zero-order chi connectivity index (χ0) is 21.5. The molecule has 1 atom stereocenters. The molecule has 0 aliphatic heterocycles. The fraction of sp³-hybridized carbons (Fsp3) is 0.200. The summed E-state index contributed by atoms with van der Waals surface area (Å²) in [5, 5.41) is 2.87. The molecule has 0 saturated carbocycles. The second-order valence-electron chi connectivity index (χ2n) is 7.11. The van der Waals surface area contributed by atoms with Crippen LogP contribution in [0.2, 0.25) is 0 Å². The summed E-state index contributed by atoms with van der Waals surface area (Å²) >= 11 is 0. The number of hydrogen-bond donors (Lipinski definition) is 1. The monoisotopic (exact) mass is 403 g/mol. The number of esters is 1. The van der Waals surface area contributed by atoms with Crippen LogP contribution < -0.4 is 10.1 Å². The minimum Gasteiger partial charge on any atom is -0.465 e. The Labute approximate surface area is 176 Å². The van der Waals surface area contributed by atoms with Gasteiger partial charge in [-0.15, -0.1) is 0 Å². The number of ether oxygens (including phenoxy) is 2. The Kier molecular flexibility index (Phi) is 6.86. The Morgan fingerprint density at radius 3 is 2.30 bits per heavy atom. The van der Waals surface area contributed by atoms with Crippen LogP contribution in [-0.2, 0) is 4.74 Å². The van der Waals surface area contributed by atoms with Crippen molar-refractivity contribution in [2.24, 2.45) is 0 Å². The van der Waals surface area contributed by atoms with Gasteiger partial charge in [0.1, 0.15) is 5.75 Å². The van der Waals surface area contributed by atoms with E-state index in [0.717, 1.165) is 5.56 Å². The van der Waals surface area contributed by atoms with Crippen LogP contribution in [0.25, 0.3) is 0 Å².